The maximum absolute atomic E-state index is 12.9. The molecule has 0 saturated carbocycles. The number of ketones is 1. The number of carbonyl (C=O) groups is 3. The summed E-state index contributed by atoms with van der Waals surface area (Å²) in [6, 6.07) is 0. The zero-order chi connectivity index (χ0) is 19.3. The minimum Gasteiger partial charge on any atom is -0.481 e. The number of hydrogen-bond donors (Lipinski definition) is 1. The summed E-state index contributed by atoms with van der Waals surface area (Å²) in [5.74, 6) is -2.54. The standard InChI is InChI=1S/C15H21NO7S2/c1-7-9(11(19)15(2,3)4)16-12(20)10(23-5)13(16)25(21,22)14(7)24-6-8(17)18/h10,13-14H,6H2,1-5H3,(H,17,18)/t10-,13-,14?/m0/s1. The lowest BCUT2D eigenvalue weighted by Crippen LogP contribution is -2.71. The van der Waals surface area contributed by atoms with E-state index in [0.717, 1.165) is 4.90 Å². The first kappa shape index (κ1) is 19.9. The molecule has 1 unspecified atom stereocenters. The van der Waals surface area contributed by atoms with Gasteiger partial charge in [-0.1, -0.05) is 20.8 Å². The van der Waals surface area contributed by atoms with E-state index in [1.807, 2.05) is 0 Å². The Balaban J connectivity index is 2.62. The van der Waals surface area contributed by atoms with Gasteiger partial charge in [-0.3, -0.25) is 19.3 Å². The van der Waals surface area contributed by atoms with Crippen molar-refractivity contribution in [3.05, 3.63) is 11.3 Å². The number of thioether (sulfide) groups is 1. The molecule has 1 amide bonds. The zero-order valence-corrected chi connectivity index (χ0v) is 16.2. The number of carbonyl (C=O) groups excluding carboxylic acids is 2. The normalized spacial score (nSPS) is 28.4. The van der Waals surface area contributed by atoms with Gasteiger partial charge in [0.1, 0.15) is 4.58 Å². The van der Waals surface area contributed by atoms with Gasteiger partial charge in [0.25, 0.3) is 5.91 Å². The number of methoxy groups -OCH3 is 1. The van der Waals surface area contributed by atoms with Crippen molar-refractivity contribution in [2.24, 2.45) is 5.41 Å². The van der Waals surface area contributed by atoms with E-state index in [1.165, 1.54) is 14.0 Å². The maximum Gasteiger partial charge on any atom is 0.313 e. The van der Waals surface area contributed by atoms with Crippen molar-refractivity contribution in [3.63, 3.8) is 0 Å². The smallest absolute Gasteiger partial charge is 0.313 e. The summed E-state index contributed by atoms with van der Waals surface area (Å²) in [7, 11) is -2.72. The molecule has 25 heavy (non-hydrogen) atoms. The lowest BCUT2D eigenvalue weighted by molar-refractivity contribution is -0.161. The Bertz CT molecular complexity index is 763. The summed E-state index contributed by atoms with van der Waals surface area (Å²) in [5, 5.41) is 7.58. The first-order valence-corrected chi connectivity index (χ1v) is 10.2. The van der Waals surface area contributed by atoms with Crippen LogP contribution >= 0.6 is 11.8 Å². The van der Waals surface area contributed by atoms with E-state index in [2.05, 4.69) is 0 Å². The molecular weight excluding hydrogens is 370 g/mol. The molecule has 0 aromatic carbocycles. The van der Waals surface area contributed by atoms with E-state index in [4.69, 9.17) is 9.84 Å². The van der Waals surface area contributed by atoms with E-state index in [0.29, 0.717) is 11.8 Å². The highest BCUT2D eigenvalue weighted by atomic mass is 32.3. The van der Waals surface area contributed by atoms with Gasteiger partial charge in [0.2, 0.25) is 0 Å². The fourth-order valence-corrected chi connectivity index (χ4v) is 6.79. The largest absolute Gasteiger partial charge is 0.481 e. The molecule has 140 valence electrons. The van der Waals surface area contributed by atoms with Crippen molar-refractivity contribution >= 4 is 39.3 Å². The van der Waals surface area contributed by atoms with Gasteiger partial charge in [-0.2, -0.15) is 0 Å². The monoisotopic (exact) mass is 391 g/mol. The second-order valence-corrected chi connectivity index (χ2v) is 10.5. The van der Waals surface area contributed by atoms with Crippen LogP contribution in [0, 0.1) is 5.41 Å². The van der Waals surface area contributed by atoms with E-state index < -0.39 is 48.9 Å². The summed E-state index contributed by atoms with van der Waals surface area (Å²) in [5.41, 5.74) is -0.610. The summed E-state index contributed by atoms with van der Waals surface area (Å²) < 4.78 is 29.6. The maximum atomic E-state index is 12.9. The van der Waals surface area contributed by atoms with Gasteiger partial charge in [-0.15, -0.1) is 11.8 Å². The van der Waals surface area contributed by atoms with Crippen LogP contribution in [0.15, 0.2) is 11.3 Å². The van der Waals surface area contributed by atoms with Crippen molar-refractivity contribution in [2.75, 3.05) is 12.9 Å². The average Bonchev–Trinajstić information content (AvgIpc) is 2.46. The quantitative estimate of drug-likeness (QED) is 0.678. The SMILES string of the molecule is CO[C@H]1C(=O)N2C(C(=O)C(C)(C)C)=C(C)C(SCC(=O)O)S(=O)(=O)[C@@H]12. The third-order valence-corrected chi connectivity index (χ3v) is 8.47. The van der Waals surface area contributed by atoms with E-state index in [1.54, 1.807) is 20.8 Å². The number of Topliss-reactive ketones (excluding diaryl/α,β-unsaturated/α-hetero) is 1. The summed E-state index contributed by atoms with van der Waals surface area (Å²) in [6.45, 7) is 6.47. The van der Waals surface area contributed by atoms with Crippen molar-refractivity contribution < 1.29 is 32.6 Å². The molecule has 1 N–H and O–H groups in total. The van der Waals surface area contributed by atoms with Gasteiger partial charge in [0.15, 0.2) is 27.1 Å². The topological polar surface area (TPSA) is 118 Å². The van der Waals surface area contributed by atoms with Crippen LogP contribution in [0.25, 0.3) is 0 Å². The highest BCUT2D eigenvalue weighted by molar-refractivity contribution is 8.14. The molecule has 0 aromatic rings. The number of allylic oxidation sites excluding steroid dienone is 1. The van der Waals surface area contributed by atoms with Crippen LogP contribution in [0.5, 0.6) is 0 Å². The Morgan fingerprint density at radius 1 is 1.32 bits per heavy atom. The lowest BCUT2D eigenvalue weighted by atomic mass is 9.86. The molecule has 2 heterocycles. The number of aliphatic carboxylic acids is 1. The van der Waals surface area contributed by atoms with Crippen LogP contribution in [0.4, 0.5) is 0 Å². The zero-order valence-electron chi connectivity index (χ0n) is 14.6. The number of sulfone groups is 1. The molecule has 0 radical (unpaired) electrons. The third kappa shape index (κ3) is 3.11. The Kier molecular flexibility index (Phi) is 5.10. The van der Waals surface area contributed by atoms with Crippen LogP contribution in [0.3, 0.4) is 0 Å². The van der Waals surface area contributed by atoms with Crippen LogP contribution < -0.4 is 0 Å². The third-order valence-electron chi connectivity index (χ3n) is 4.11. The van der Waals surface area contributed by atoms with Gasteiger partial charge in [-0.25, -0.2) is 8.42 Å². The van der Waals surface area contributed by atoms with Crippen LogP contribution in [-0.2, 0) is 29.0 Å². The number of carboxylic acid groups (broad SMARTS) is 1. The lowest BCUT2D eigenvalue weighted by Gasteiger charge is -2.51. The Morgan fingerprint density at radius 3 is 2.32 bits per heavy atom. The Morgan fingerprint density at radius 2 is 1.88 bits per heavy atom. The number of nitrogens with zero attached hydrogens (tertiary/aromatic N) is 1. The Hall–Kier alpha value is -1.39. The molecule has 0 bridgehead atoms. The molecule has 8 nitrogen and oxygen atoms in total. The van der Waals surface area contributed by atoms with Gasteiger partial charge < -0.3 is 9.84 Å². The van der Waals surface area contributed by atoms with Gasteiger partial charge in [0.05, 0.1) is 11.4 Å². The number of fused-ring (bicyclic) bond motifs is 1. The van der Waals surface area contributed by atoms with E-state index in [-0.39, 0.29) is 17.1 Å². The molecule has 10 heteroatoms. The number of rotatable bonds is 5. The second-order valence-electron chi connectivity index (χ2n) is 6.99. The molecule has 2 rings (SSSR count). The van der Waals surface area contributed by atoms with Gasteiger partial charge in [-0.05, 0) is 12.5 Å². The van der Waals surface area contributed by atoms with E-state index in [9.17, 15) is 22.8 Å². The van der Waals surface area contributed by atoms with Crippen molar-refractivity contribution in [1.82, 2.24) is 4.90 Å². The van der Waals surface area contributed by atoms with E-state index >= 15 is 0 Å². The fraction of sp³-hybridized carbons (Fsp3) is 0.667. The number of hydrogen-bond acceptors (Lipinski definition) is 7. The molecular formula is C15H21NO7S2. The minimum absolute atomic E-state index is 0.0357. The fourth-order valence-electron chi connectivity index (χ4n) is 2.90. The first-order chi connectivity index (χ1) is 11.4. The molecule has 0 aromatic heterocycles. The molecule has 2 aliphatic heterocycles. The summed E-state index contributed by atoms with van der Waals surface area (Å²) in [4.78, 5) is 37.0. The Labute approximate surface area is 150 Å². The predicted octanol–water partition coefficient (Wildman–Crippen LogP) is 0.631. The number of β-lactam (4-membered cyclic amide) rings is 1. The van der Waals surface area contributed by atoms with Crippen molar-refractivity contribution in [3.8, 4) is 0 Å². The van der Waals surface area contributed by atoms with Gasteiger partial charge >= 0.3 is 5.97 Å². The summed E-state index contributed by atoms with van der Waals surface area (Å²) in [6.07, 6.45) is -1.19. The highest BCUT2D eigenvalue weighted by Gasteiger charge is 2.63. The molecule has 0 spiro atoms. The molecule has 0 aliphatic carbocycles. The number of amides is 1. The number of carboxylic acids is 1. The predicted molar refractivity (Wildman–Crippen MR) is 91.4 cm³/mol. The highest BCUT2D eigenvalue weighted by Crippen LogP contribution is 2.46. The van der Waals surface area contributed by atoms with Crippen LogP contribution in [-0.4, -0.2) is 65.0 Å². The number of ether oxygens (including phenoxy) is 1. The van der Waals surface area contributed by atoms with Crippen LogP contribution in [0.2, 0.25) is 0 Å². The van der Waals surface area contributed by atoms with Crippen molar-refractivity contribution in [2.45, 2.75) is 43.8 Å². The first-order valence-electron chi connectivity index (χ1n) is 7.53. The van der Waals surface area contributed by atoms with Crippen LogP contribution in [0.1, 0.15) is 27.7 Å². The molecule has 3 atom stereocenters. The van der Waals surface area contributed by atoms with Crippen molar-refractivity contribution in [1.29, 1.82) is 0 Å². The molecule has 1 fully saturated rings. The average molecular weight is 391 g/mol. The second kappa shape index (κ2) is 6.40. The minimum atomic E-state index is -3.95. The van der Waals surface area contributed by atoms with Gasteiger partial charge in [0, 0.05) is 12.5 Å². The molecule has 1 saturated heterocycles. The summed E-state index contributed by atoms with van der Waals surface area (Å²) >= 11 is 0.715. The molecule has 2 aliphatic rings.